The molecule has 0 radical (unpaired) electrons. The molecule has 0 aliphatic heterocycles. The second-order valence-corrected chi connectivity index (χ2v) is 7.55. The van der Waals surface area contributed by atoms with Crippen LogP contribution in [0.1, 0.15) is 32.1 Å². The third-order valence-corrected chi connectivity index (χ3v) is 5.22. The summed E-state index contributed by atoms with van der Waals surface area (Å²) in [6, 6.07) is 5.31. The number of hydrogen-bond donors (Lipinski definition) is 2. The zero-order valence-electron chi connectivity index (χ0n) is 17.4. The molecule has 0 bridgehead atoms. The Morgan fingerprint density at radius 2 is 1.68 bits per heavy atom. The molecule has 1 fully saturated rings. The largest absolute Gasteiger partial charge is 0.497 e. The van der Waals surface area contributed by atoms with Crippen LogP contribution in [0.2, 0.25) is 0 Å². The molecule has 0 spiro atoms. The first kappa shape index (κ1) is 22.0. The van der Waals surface area contributed by atoms with Crippen molar-refractivity contribution in [1.29, 1.82) is 0 Å². The molecule has 0 unspecified atom stereocenters. The lowest BCUT2D eigenvalue weighted by molar-refractivity contribution is -0.128. The monoisotopic (exact) mass is 391 g/mol. The van der Waals surface area contributed by atoms with Crippen molar-refractivity contribution in [2.24, 2.45) is 11.8 Å². The van der Waals surface area contributed by atoms with Gasteiger partial charge in [-0.3, -0.25) is 9.59 Å². The lowest BCUT2D eigenvalue weighted by Gasteiger charge is -2.27. The van der Waals surface area contributed by atoms with Gasteiger partial charge in [-0.2, -0.15) is 0 Å². The number of methoxy groups -OCH3 is 2. The summed E-state index contributed by atoms with van der Waals surface area (Å²) in [5, 5.41) is 5.98. The number of nitrogens with one attached hydrogen (secondary N) is 2. The number of carbonyl (C=O) groups is 2. The van der Waals surface area contributed by atoms with Crippen molar-refractivity contribution in [3.8, 4) is 11.5 Å². The van der Waals surface area contributed by atoms with Crippen molar-refractivity contribution in [2.45, 2.75) is 32.1 Å². The van der Waals surface area contributed by atoms with Gasteiger partial charge in [-0.15, -0.1) is 0 Å². The van der Waals surface area contributed by atoms with Gasteiger partial charge in [0.15, 0.2) is 0 Å². The van der Waals surface area contributed by atoms with Crippen molar-refractivity contribution < 1.29 is 19.1 Å². The van der Waals surface area contributed by atoms with Gasteiger partial charge in [0.1, 0.15) is 11.5 Å². The fraction of sp³-hybridized carbons (Fsp3) is 0.619. The minimum atomic E-state index is -0.0791. The van der Waals surface area contributed by atoms with Crippen molar-refractivity contribution >= 4 is 17.5 Å². The predicted octanol–water partition coefficient (Wildman–Crippen LogP) is 2.52. The maximum atomic E-state index is 12.6. The Kier molecular flexibility index (Phi) is 8.57. The maximum Gasteiger partial charge on any atom is 0.227 e. The first-order valence-electron chi connectivity index (χ1n) is 9.90. The summed E-state index contributed by atoms with van der Waals surface area (Å²) in [7, 11) is 7.20. The molecule has 2 N–H and O–H groups in total. The first-order chi connectivity index (χ1) is 13.4. The average Bonchev–Trinajstić information content (AvgIpc) is 2.71. The second kappa shape index (κ2) is 10.9. The van der Waals surface area contributed by atoms with Crippen LogP contribution in [-0.4, -0.2) is 58.1 Å². The molecule has 0 atom stereocenters. The van der Waals surface area contributed by atoms with Gasteiger partial charge < -0.3 is 25.0 Å². The van der Waals surface area contributed by atoms with Crippen molar-refractivity contribution in [3.05, 3.63) is 18.2 Å². The molecule has 1 aromatic carbocycles. The molecule has 1 aliphatic carbocycles. The van der Waals surface area contributed by atoms with Gasteiger partial charge in [0.05, 0.1) is 19.9 Å². The van der Waals surface area contributed by atoms with E-state index in [2.05, 4.69) is 15.5 Å². The van der Waals surface area contributed by atoms with Gasteiger partial charge in [0.2, 0.25) is 11.8 Å². The normalized spacial score (nSPS) is 19.2. The number of ether oxygens (including phenoxy) is 2. The lowest BCUT2D eigenvalue weighted by Crippen LogP contribution is -2.36. The van der Waals surface area contributed by atoms with Crippen molar-refractivity contribution in [2.75, 3.05) is 46.7 Å². The van der Waals surface area contributed by atoms with Crippen molar-refractivity contribution in [1.82, 2.24) is 10.2 Å². The SMILES string of the molecule is COc1ccc(NC(=O)C2CCC(C(=O)NCCCN(C)C)CC2)c(OC)c1. The Morgan fingerprint density at radius 3 is 2.25 bits per heavy atom. The van der Waals surface area contributed by atoms with E-state index < -0.39 is 0 Å². The van der Waals surface area contributed by atoms with E-state index in [0.29, 0.717) is 23.7 Å². The molecule has 2 rings (SSSR count). The number of rotatable bonds is 9. The van der Waals surface area contributed by atoms with E-state index in [1.807, 2.05) is 14.1 Å². The molecule has 1 aliphatic rings. The maximum absolute atomic E-state index is 12.6. The Labute approximate surface area is 167 Å². The van der Waals surface area contributed by atoms with Gasteiger partial charge in [-0.1, -0.05) is 0 Å². The van der Waals surface area contributed by atoms with Gasteiger partial charge >= 0.3 is 0 Å². The highest BCUT2D eigenvalue weighted by Gasteiger charge is 2.30. The Bertz CT molecular complexity index is 655. The van der Waals surface area contributed by atoms with E-state index in [-0.39, 0.29) is 23.7 Å². The van der Waals surface area contributed by atoms with E-state index in [1.165, 1.54) is 0 Å². The van der Waals surface area contributed by atoms with Crippen LogP contribution in [0.15, 0.2) is 18.2 Å². The van der Waals surface area contributed by atoms with E-state index in [1.54, 1.807) is 32.4 Å². The molecule has 0 saturated heterocycles. The predicted molar refractivity (Wildman–Crippen MR) is 110 cm³/mol. The second-order valence-electron chi connectivity index (χ2n) is 7.55. The standard InChI is InChI=1S/C21H33N3O4/c1-24(2)13-5-12-22-20(25)15-6-8-16(9-7-15)21(26)23-18-11-10-17(27-3)14-19(18)28-4/h10-11,14-16H,5-9,12-13H2,1-4H3,(H,22,25)(H,23,26). The Balaban J connectivity index is 1.79. The number of benzene rings is 1. The number of hydrogen-bond acceptors (Lipinski definition) is 5. The van der Waals surface area contributed by atoms with Crippen LogP contribution in [0.4, 0.5) is 5.69 Å². The molecule has 2 amide bonds. The minimum absolute atomic E-state index is 0.0129. The van der Waals surface area contributed by atoms with E-state index in [0.717, 1.165) is 38.6 Å². The summed E-state index contributed by atoms with van der Waals surface area (Å²) < 4.78 is 10.5. The number of carbonyl (C=O) groups excluding carboxylic acids is 2. The number of anilines is 1. The summed E-state index contributed by atoms with van der Waals surface area (Å²) in [6.07, 6.45) is 3.88. The molecule has 28 heavy (non-hydrogen) atoms. The molecular weight excluding hydrogens is 358 g/mol. The van der Waals surface area contributed by atoms with Crippen LogP contribution in [0, 0.1) is 11.8 Å². The highest BCUT2D eigenvalue weighted by atomic mass is 16.5. The van der Waals surface area contributed by atoms with Gasteiger partial charge in [0, 0.05) is 24.4 Å². The summed E-state index contributed by atoms with van der Waals surface area (Å²) in [5.41, 5.74) is 0.633. The minimum Gasteiger partial charge on any atom is -0.497 e. The zero-order chi connectivity index (χ0) is 20.5. The highest BCUT2D eigenvalue weighted by molar-refractivity contribution is 5.94. The molecule has 1 aromatic rings. The molecule has 0 heterocycles. The van der Waals surface area contributed by atoms with Crippen LogP contribution in [0.3, 0.4) is 0 Å². The molecule has 1 saturated carbocycles. The van der Waals surface area contributed by atoms with Crippen LogP contribution in [-0.2, 0) is 9.59 Å². The third kappa shape index (κ3) is 6.41. The first-order valence-corrected chi connectivity index (χ1v) is 9.90. The van der Waals surface area contributed by atoms with E-state index in [9.17, 15) is 9.59 Å². The van der Waals surface area contributed by atoms with Crippen LogP contribution < -0.4 is 20.1 Å². The van der Waals surface area contributed by atoms with Gasteiger partial charge in [-0.05, 0) is 64.9 Å². The van der Waals surface area contributed by atoms with Crippen LogP contribution in [0.5, 0.6) is 11.5 Å². The topological polar surface area (TPSA) is 79.9 Å². The quantitative estimate of drug-likeness (QED) is 0.633. The van der Waals surface area contributed by atoms with Crippen molar-refractivity contribution in [3.63, 3.8) is 0 Å². The smallest absolute Gasteiger partial charge is 0.227 e. The fourth-order valence-electron chi connectivity index (χ4n) is 3.51. The summed E-state index contributed by atoms with van der Waals surface area (Å²) in [4.78, 5) is 27.0. The van der Waals surface area contributed by atoms with Gasteiger partial charge in [0.25, 0.3) is 0 Å². The Morgan fingerprint density at radius 1 is 1.04 bits per heavy atom. The number of amides is 2. The summed E-state index contributed by atoms with van der Waals surface area (Å²) in [5.74, 6) is 1.27. The Hall–Kier alpha value is -2.28. The molecule has 7 nitrogen and oxygen atoms in total. The van der Waals surface area contributed by atoms with Crippen LogP contribution in [0.25, 0.3) is 0 Å². The van der Waals surface area contributed by atoms with E-state index >= 15 is 0 Å². The highest BCUT2D eigenvalue weighted by Crippen LogP contribution is 2.33. The fourth-order valence-corrected chi connectivity index (χ4v) is 3.51. The average molecular weight is 392 g/mol. The zero-order valence-corrected chi connectivity index (χ0v) is 17.4. The molecule has 156 valence electrons. The summed E-state index contributed by atoms with van der Waals surface area (Å²) in [6.45, 7) is 1.66. The number of nitrogens with zero attached hydrogens (tertiary/aromatic N) is 1. The van der Waals surface area contributed by atoms with Gasteiger partial charge in [-0.25, -0.2) is 0 Å². The van der Waals surface area contributed by atoms with E-state index in [4.69, 9.17) is 9.47 Å². The van der Waals surface area contributed by atoms with Crippen LogP contribution >= 0.6 is 0 Å². The molecule has 0 aromatic heterocycles. The molecule has 7 heteroatoms. The lowest BCUT2D eigenvalue weighted by atomic mass is 9.81. The third-order valence-electron chi connectivity index (χ3n) is 5.22. The molecular formula is C21H33N3O4. The summed E-state index contributed by atoms with van der Waals surface area (Å²) >= 11 is 0.